The molecule has 5 heteroatoms. The molecule has 104 valence electrons. The van der Waals surface area contributed by atoms with Crippen LogP contribution in [-0.4, -0.2) is 34.6 Å². The van der Waals surface area contributed by atoms with Gasteiger partial charge in [0, 0.05) is 27.4 Å². The second-order valence-electron chi connectivity index (χ2n) is 4.84. The van der Waals surface area contributed by atoms with Crippen molar-refractivity contribution in [2.45, 2.75) is 38.3 Å². The molecule has 0 bridgehead atoms. The SMILES string of the molecule is CC(O)C1CCCCN1C(=O)/C=C/c1cc(Br)cs1. The molecule has 1 aromatic heterocycles. The maximum Gasteiger partial charge on any atom is 0.246 e. The molecule has 0 saturated carbocycles. The molecule has 1 aromatic rings. The monoisotopic (exact) mass is 343 g/mol. The maximum atomic E-state index is 12.2. The van der Waals surface area contributed by atoms with Crippen molar-refractivity contribution in [2.24, 2.45) is 0 Å². The van der Waals surface area contributed by atoms with Gasteiger partial charge in [-0.3, -0.25) is 4.79 Å². The highest BCUT2D eigenvalue weighted by molar-refractivity contribution is 9.10. The molecule has 1 saturated heterocycles. The highest BCUT2D eigenvalue weighted by Gasteiger charge is 2.28. The highest BCUT2D eigenvalue weighted by atomic mass is 79.9. The fraction of sp³-hybridized carbons (Fsp3) is 0.500. The quantitative estimate of drug-likeness (QED) is 0.855. The van der Waals surface area contributed by atoms with Gasteiger partial charge in [0.25, 0.3) is 0 Å². The largest absolute Gasteiger partial charge is 0.391 e. The predicted octanol–water partition coefficient (Wildman–Crippen LogP) is 3.29. The van der Waals surface area contributed by atoms with E-state index in [-0.39, 0.29) is 11.9 Å². The minimum absolute atomic E-state index is 0.00452. The summed E-state index contributed by atoms with van der Waals surface area (Å²) in [6.45, 7) is 2.50. The molecule has 0 radical (unpaired) electrons. The van der Waals surface area contributed by atoms with Crippen LogP contribution in [0.4, 0.5) is 0 Å². The minimum atomic E-state index is -0.464. The fourth-order valence-corrected chi connectivity index (χ4v) is 3.73. The maximum absolute atomic E-state index is 12.2. The second-order valence-corrected chi connectivity index (χ2v) is 6.69. The number of aliphatic hydroxyl groups excluding tert-OH is 1. The Morgan fingerprint density at radius 3 is 3.05 bits per heavy atom. The molecular weight excluding hydrogens is 326 g/mol. The van der Waals surface area contributed by atoms with Crippen LogP contribution < -0.4 is 0 Å². The van der Waals surface area contributed by atoms with E-state index in [0.29, 0.717) is 0 Å². The van der Waals surface area contributed by atoms with Gasteiger partial charge < -0.3 is 10.0 Å². The smallest absolute Gasteiger partial charge is 0.246 e. The molecule has 2 heterocycles. The number of likely N-dealkylation sites (tertiary alicyclic amines) is 1. The third kappa shape index (κ3) is 3.91. The number of aliphatic hydroxyl groups is 1. The Hall–Kier alpha value is -0.650. The van der Waals surface area contributed by atoms with Crippen LogP contribution in [-0.2, 0) is 4.79 Å². The van der Waals surface area contributed by atoms with Crippen molar-refractivity contribution in [2.75, 3.05) is 6.54 Å². The summed E-state index contributed by atoms with van der Waals surface area (Å²) in [6, 6.07) is 1.94. The summed E-state index contributed by atoms with van der Waals surface area (Å²) in [7, 11) is 0. The van der Waals surface area contributed by atoms with Crippen LogP contribution in [0, 0.1) is 0 Å². The van der Waals surface area contributed by atoms with E-state index in [2.05, 4.69) is 15.9 Å². The van der Waals surface area contributed by atoms with Gasteiger partial charge in [-0.2, -0.15) is 0 Å². The number of rotatable bonds is 3. The lowest BCUT2D eigenvalue weighted by Crippen LogP contribution is -2.48. The molecule has 3 nitrogen and oxygen atoms in total. The lowest BCUT2D eigenvalue weighted by molar-refractivity contribution is -0.132. The number of piperidine rings is 1. The lowest BCUT2D eigenvalue weighted by atomic mass is 9.98. The zero-order chi connectivity index (χ0) is 13.8. The first-order chi connectivity index (χ1) is 9.08. The number of thiophene rings is 1. The zero-order valence-corrected chi connectivity index (χ0v) is 13.3. The number of nitrogens with zero attached hydrogens (tertiary/aromatic N) is 1. The molecule has 0 spiro atoms. The Labute approximate surface area is 126 Å². The number of hydrogen-bond acceptors (Lipinski definition) is 3. The van der Waals surface area contributed by atoms with E-state index in [1.807, 2.05) is 17.5 Å². The van der Waals surface area contributed by atoms with Crippen LogP contribution in [0.15, 0.2) is 22.0 Å². The van der Waals surface area contributed by atoms with Gasteiger partial charge in [-0.25, -0.2) is 0 Å². The molecule has 2 unspecified atom stereocenters. The van der Waals surface area contributed by atoms with Crippen molar-refractivity contribution in [1.29, 1.82) is 0 Å². The molecule has 1 fully saturated rings. The van der Waals surface area contributed by atoms with E-state index in [0.717, 1.165) is 35.2 Å². The third-order valence-corrected chi connectivity index (χ3v) is 5.03. The Kier molecular flexibility index (Phi) is 5.19. The van der Waals surface area contributed by atoms with E-state index in [1.165, 1.54) is 0 Å². The minimum Gasteiger partial charge on any atom is -0.391 e. The van der Waals surface area contributed by atoms with Crippen LogP contribution in [0.3, 0.4) is 0 Å². The summed E-state index contributed by atoms with van der Waals surface area (Å²) < 4.78 is 1.03. The molecular formula is C14H18BrNO2S. The Bertz CT molecular complexity index is 470. The van der Waals surface area contributed by atoms with Gasteiger partial charge in [0.2, 0.25) is 5.91 Å². The first-order valence-corrected chi connectivity index (χ1v) is 8.16. The molecule has 2 rings (SSSR count). The van der Waals surface area contributed by atoms with Gasteiger partial charge >= 0.3 is 0 Å². The fourth-order valence-electron chi connectivity index (χ4n) is 2.40. The summed E-state index contributed by atoms with van der Waals surface area (Å²) in [5, 5.41) is 11.8. The van der Waals surface area contributed by atoms with Crippen molar-refractivity contribution < 1.29 is 9.90 Å². The summed E-state index contributed by atoms with van der Waals surface area (Å²) in [5.74, 6) is -0.00452. The number of carbonyl (C=O) groups is 1. The average Bonchev–Trinajstić information content (AvgIpc) is 2.81. The average molecular weight is 344 g/mol. The van der Waals surface area contributed by atoms with E-state index in [9.17, 15) is 9.90 Å². The van der Waals surface area contributed by atoms with Crippen LogP contribution in [0.5, 0.6) is 0 Å². The molecule has 1 amide bonds. The lowest BCUT2D eigenvalue weighted by Gasteiger charge is -2.36. The number of halogens is 1. The topological polar surface area (TPSA) is 40.5 Å². The van der Waals surface area contributed by atoms with Crippen LogP contribution in [0.1, 0.15) is 31.1 Å². The van der Waals surface area contributed by atoms with Gasteiger partial charge in [0.05, 0.1) is 12.1 Å². The van der Waals surface area contributed by atoms with Crippen LogP contribution in [0.25, 0.3) is 6.08 Å². The van der Waals surface area contributed by atoms with Crippen molar-refractivity contribution in [3.8, 4) is 0 Å². The molecule has 1 N–H and O–H groups in total. The van der Waals surface area contributed by atoms with Crippen LogP contribution in [0.2, 0.25) is 0 Å². The van der Waals surface area contributed by atoms with Crippen molar-refractivity contribution >= 4 is 39.2 Å². The Balaban J connectivity index is 2.03. The van der Waals surface area contributed by atoms with Gasteiger partial charge in [0.1, 0.15) is 0 Å². The van der Waals surface area contributed by atoms with Gasteiger partial charge in [-0.05, 0) is 54.3 Å². The van der Waals surface area contributed by atoms with E-state index < -0.39 is 6.10 Å². The second kappa shape index (κ2) is 6.68. The van der Waals surface area contributed by atoms with Crippen LogP contribution >= 0.6 is 27.3 Å². The number of amides is 1. The van der Waals surface area contributed by atoms with E-state index >= 15 is 0 Å². The molecule has 19 heavy (non-hydrogen) atoms. The summed E-state index contributed by atoms with van der Waals surface area (Å²) in [5.41, 5.74) is 0. The van der Waals surface area contributed by atoms with Gasteiger partial charge in [0.15, 0.2) is 0 Å². The number of carbonyl (C=O) groups excluding carboxylic acids is 1. The zero-order valence-electron chi connectivity index (χ0n) is 10.9. The standard InChI is InChI=1S/C14H18BrNO2S/c1-10(17)13-4-2-3-7-16(13)14(18)6-5-12-8-11(15)9-19-12/h5-6,8-10,13,17H,2-4,7H2,1H3/b6-5+. The third-order valence-electron chi connectivity index (χ3n) is 3.37. The van der Waals surface area contributed by atoms with Gasteiger partial charge in [-0.15, -0.1) is 11.3 Å². The van der Waals surface area contributed by atoms with E-state index in [4.69, 9.17) is 0 Å². The molecule has 1 aliphatic rings. The first kappa shape index (κ1) is 14.8. The van der Waals surface area contributed by atoms with Crippen molar-refractivity contribution in [3.63, 3.8) is 0 Å². The summed E-state index contributed by atoms with van der Waals surface area (Å²) >= 11 is 4.98. The Morgan fingerprint density at radius 2 is 2.42 bits per heavy atom. The van der Waals surface area contributed by atoms with E-state index in [1.54, 1.807) is 29.2 Å². The first-order valence-electron chi connectivity index (χ1n) is 6.48. The molecule has 0 aromatic carbocycles. The summed E-state index contributed by atoms with van der Waals surface area (Å²) in [6.07, 6.45) is 5.98. The molecule has 0 aliphatic carbocycles. The van der Waals surface area contributed by atoms with Gasteiger partial charge in [-0.1, -0.05) is 0 Å². The predicted molar refractivity (Wildman–Crippen MR) is 82.1 cm³/mol. The molecule has 1 aliphatic heterocycles. The van der Waals surface area contributed by atoms with Crippen molar-refractivity contribution in [3.05, 3.63) is 26.9 Å². The normalized spacial score (nSPS) is 21.8. The van der Waals surface area contributed by atoms with Crippen molar-refractivity contribution in [1.82, 2.24) is 4.90 Å². The summed E-state index contributed by atoms with van der Waals surface area (Å²) in [4.78, 5) is 15.1. The number of hydrogen-bond donors (Lipinski definition) is 1. The Morgan fingerprint density at radius 1 is 1.63 bits per heavy atom. The highest BCUT2D eigenvalue weighted by Crippen LogP contribution is 2.22. The molecule has 2 atom stereocenters.